The molecule has 0 saturated carbocycles. The van der Waals surface area contributed by atoms with Crippen molar-refractivity contribution in [1.82, 2.24) is 0 Å². The molecule has 0 unspecified atom stereocenters. The van der Waals surface area contributed by atoms with Gasteiger partial charge in [0, 0.05) is 32.9 Å². The van der Waals surface area contributed by atoms with Crippen LogP contribution in [-0.4, -0.2) is 0 Å². The van der Waals surface area contributed by atoms with Gasteiger partial charge in [-0.25, -0.2) is 0 Å². The summed E-state index contributed by atoms with van der Waals surface area (Å²) in [5.41, 5.74) is 7.25. The lowest BCUT2D eigenvalue weighted by atomic mass is 10.00. The molecule has 0 spiro atoms. The number of hydrogen-bond acceptors (Lipinski definition) is 2. The second-order valence-corrected chi connectivity index (χ2v) is 10.7. The summed E-state index contributed by atoms with van der Waals surface area (Å²) in [6.45, 7) is 0. The van der Waals surface area contributed by atoms with Gasteiger partial charge in [-0.15, -0.1) is 0 Å². The van der Waals surface area contributed by atoms with Gasteiger partial charge in [0.25, 0.3) is 0 Å². The molecule has 2 nitrogen and oxygen atoms in total. The fourth-order valence-electron chi connectivity index (χ4n) is 5.95. The lowest BCUT2D eigenvalue weighted by molar-refractivity contribution is 0.672. The maximum Gasteiger partial charge on any atom is 0.143 e. The third kappa shape index (κ3) is 3.96. The molecule has 0 aliphatic rings. The number of benzene rings is 7. The number of furan rings is 1. The summed E-state index contributed by atoms with van der Waals surface area (Å²) < 4.78 is 6.38. The van der Waals surface area contributed by atoms with Crippen LogP contribution in [0.4, 0.5) is 17.1 Å². The van der Waals surface area contributed by atoms with Gasteiger partial charge in [0.05, 0.1) is 10.7 Å². The van der Waals surface area contributed by atoms with Crippen molar-refractivity contribution < 1.29 is 4.42 Å². The average Bonchev–Trinajstić information content (AvgIpc) is 3.42. The van der Waals surface area contributed by atoms with E-state index in [0.717, 1.165) is 49.8 Å². The highest BCUT2D eigenvalue weighted by atomic mass is 35.5. The SMILES string of the molecule is Clc1cccc2oc3c4ccccc4c(N(c4ccccc4)c4ccc(-c5ccc6ccccc6c5)cc4)cc3c12. The van der Waals surface area contributed by atoms with Gasteiger partial charge < -0.3 is 9.32 Å². The highest BCUT2D eigenvalue weighted by molar-refractivity contribution is 6.38. The molecule has 0 atom stereocenters. The molecule has 0 radical (unpaired) electrons. The molecule has 0 N–H and O–H groups in total. The minimum absolute atomic E-state index is 0.688. The first-order chi connectivity index (χ1) is 20.2. The van der Waals surface area contributed by atoms with Gasteiger partial charge in [-0.05, 0) is 70.4 Å². The van der Waals surface area contributed by atoms with E-state index in [1.54, 1.807) is 0 Å². The molecule has 1 heterocycles. The minimum atomic E-state index is 0.688. The second-order valence-electron chi connectivity index (χ2n) is 10.3. The highest BCUT2D eigenvalue weighted by Gasteiger charge is 2.21. The molecule has 0 fully saturated rings. The van der Waals surface area contributed by atoms with Crippen LogP contribution in [0.2, 0.25) is 5.02 Å². The first-order valence-corrected chi connectivity index (χ1v) is 14.1. The third-order valence-corrected chi connectivity index (χ3v) is 8.21. The molecule has 8 rings (SSSR count). The van der Waals surface area contributed by atoms with Crippen molar-refractivity contribution >= 4 is 72.1 Å². The molecular weight excluding hydrogens is 522 g/mol. The van der Waals surface area contributed by atoms with Crippen LogP contribution in [0.5, 0.6) is 0 Å². The van der Waals surface area contributed by atoms with Crippen LogP contribution in [-0.2, 0) is 0 Å². The number of halogens is 1. The van der Waals surface area contributed by atoms with Crippen LogP contribution in [0.25, 0.3) is 54.6 Å². The molecule has 0 amide bonds. The van der Waals surface area contributed by atoms with E-state index < -0.39 is 0 Å². The Morgan fingerprint density at radius 3 is 2.00 bits per heavy atom. The van der Waals surface area contributed by atoms with Crippen LogP contribution in [0.1, 0.15) is 0 Å². The zero-order valence-corrected chi connectivity index (χ0v) is 22.8. The largest absolute Gasteiger partial charge is 0.455 e. The van der Waals surface area contributed by atoms with Crippen LogP contribution < -0.4 is 4.90 Å². The van der Waals surface area contributed by atoms with E-state index in [4.69, 9.17) is 16.0 Å². The van der Waals surface area contributed by atoms with Gasteiger partial charge >= 0.3 is 0 Å². The van der Waals surface area contributed by atoms with Crippen molar-refractivity contribution in [2.45, 2.75) is 0 Å². The summed E-state index contributed by atoms with van der Waals surface area (Å²) in [5.74, 6) is 0. The maximum atomic E-state index is 6.73. The second kappa shape index (κ2) is 9.55. The lowest BCUT2D eigenvalue weighted by Gasteiger charge is -2.27. The molecule has 0 bridgehead atoms. The minimum Gasteiger partial charge on any atom is -0.455 e. The summed E-state index contributed by atoms with van der Waals surface area (Å²) in [6, 6.07) is 51.0. The molecule has 0 saturated heterocycles. The maximum absolute atomic E-state index is 6.73. The van der Waals surface area contributed by atoms with E-state index in [9.17, 15) is 0 Å². The first kappa shape index (κ1) is 23.8. The molecule has 3 heteroatoms. The Hall–Kier alpha value is -5.05. The van der Waals surface area contributed by atoms with Crippen molar-refractivity contribution in [2.75, 3.05) is 4.90 Å². The number of hydrogen-bond donors (Lipinski definition) is 0. The quantitative estimate of drug-likeness (QED) is 0.218. The van der Waals surface area contributed by atoms with Gasteiger partial charge in [-0.1, -0.05) is 109 Å². The van der Waals surface area contributed by atoms with Crippen LogP contribution >= 0.6 is 11.6 Å². The zero-order valence-electron chi connectivity index (χ0n) is 22.1. The number of nitrogens with zero attached hydrogens (tertiary/aromatic N) is 1. The highest BCUT2D eigenvalue weighted by Crippen LogP contribution is 2.45. The molecule has 8 aromatic rings. The Bertz CT molecular complexity index is 2210. The Morgan fingerprint density at radius 1 is 0.488 bits per heavy atom. The molecular formula is C38H24ClNO. The smallest absolute Gasteiger partial charge is 0.143 e. The number of rotatable bonds is 4. The van der Waals surface area contributed by atoms with Crippen molar-refractivity contribution in [3.63, 3.8) is 0 Å². The fraction of sp³-hybridized carbons (Fsp3) is 0. The Balaban J connectivity index is 1.34. The summed E-state index contributed by atoms with van der Waals surface area (Å²) in [7, 11) is 0. The summed E-state index contributed by atoms with van der Waals surface area (Å²) in [6.07, 6.45) is 0. The Labute approximate surface area is 242 Å². The Kier molecular flexibility index (Phi) is 5.54. The van der Waals surface area contributed by atoms with Gasteiger partial charge in [-0.2, -0.15) is 0 Å². The van der Waals surface area contributed by atoms with Crippen molar-refractivity contribution in [2.24, 2.45) is 0 Å². The van der Waals surface area contributed by atoms with E-state index in [1.807, 2.05) is 18.2 Å². The van der Waals surface area contributed by atoms with Gasteiger partial charge in [0.1, 0.15) is 11.2 Å². The third-order valence-electron chi connectivity index (χ3n) is 7.89. The number of anilines is 3. The number of para-hydroxylation sites is 1. The average molecular weight is 546 g/mol. The van der Waals surface area contributed by atoms with Gasteiger partial charge in [0.2, 0.25) is 0 Å². The molecule has 0 aliphatic carbocycles. The van der Waals surface area contributed by atoms with Gasteiger partial charge in [0.15, 0.2) is 0 Å². The zero-order chi connectivity index (χ0) is 27.3. The summed E-state index contributed by atoms with van der Waals surface area (Å²) in [4.78, 5) is 2.32. The molecule has 0 aliphatic heterocycles. The lowest BCUT2D eigenvalue weighted by Crippen LogP contribution is -2.10. The van der Waals surface area contributed by atoms with Crippen LogP contribution in [0.15, 0.2) is 150 Å². The van der Waals surface area contributed by atoms with Crippen LogP contribution in [0, 0.1) is 0 Å². The topological polar surface area (TPSA) is 16.4 Å². The van der Waals surface area contributed by atoms with E-state index in [0.29, 0.717) is 5.02 Å². The van der Waals surface area contributed by atoms with E-state index in [1.165, 1.54) is 21.9 Å². The molecule has 41 heavy (non-hydrogen) atoms. The summed E-state index contributed by atoms with van der Waals surface area (Å²) in [5, 5.41) is 7.29. The van der Waals surface area contributed by atoms with E-state index in [-0.39, 0.29) is 0 Å². The van der Waals surface area contributed by atoms with Crippen molar-refractivity contribution in [3.8, 4) is 11.1 Å². The van der Waals surface area contributed by atoms with Crippen molar-refractivity contribution in [3.05, 3.63) is 151 Å². The first-order valence-electron chi connectivity index (χ1n) is 13.7. The normalized spacial score (nSPS) is 11.5. The monoisotopic (exact) mass is 545 g/mol. The standard InChI is InChI=1S/C38H24ClNO/c39-34-15-8-16-36-37(34)33-24-35(31-13-6-7-14-32(31)38(33)41-36)40(29-11-2-1-3-12-29)30-21-19-26(20-22-30)28-18-17-25-9-4-5-10-27(25)23-28/h1-24H. The van der Waals surface area contributed by atoms with Gasteiger partial charge in [-0.3, -0.25) is 0 Å². The summed E-state index contributed by atoms with van der Waals surface area (Å²) >= 11 is 6.73. The Morgan fingerprint density at radius 2 is 1.17 bits per heavy atom. The predicted molar refractivity (Wildman–Crippen MR) is 174 cm³/mol. The van der Waals surface area contributed by atoms with E-state index in [2.05, 4.69) is 132 Å². The molecule has 1 aromatic heterocycles. The molecule has 194 valence electrons. The number of fused-ring (bicyclic) bond motifs is 6. The molecule has 7 aromatic carbocycles. The fourth-order valence-corrected chi connectivity index (χ4v) is 6.21. The predicted octanol–water partition coefficient (Wildman–Crippen LogP) is 11.7. The van der Waals surface area contributed by atoms with E-state index >= 15 is 0 Å². The van der Waals surface area contributed by atoms with Crippen LogP contribution in [0.3, 0.4) is 0 Å². The van der Waals surface area contributed by atoms with Crippen molar-refractivity contribution in [1.29, 1.82) is 0 Å².